The van der Waals surface area contributed by atoms with Crippen molar-refractivity contribution in [1.82, 2.24) is 0 Å². The molecule has 0 saturated heterocycles. The molecule has 2 aliphatic carbocycles. The molecule has 0 fully saturated rings. The highest BCUT2D eigenvalue weighted by Gasteiger charge is 2.45. The Kier molecular flexibility index (Phi) is 3.77. The topological polar surface area (TPSA) is 106 Å². The third-order valence-electron chi connectivity index (χ3n) is 4.19. The summed E-state index contributed by atoms with van der Waals surface area (Å²) in [6.07, 6.45) is 2.82. The number of hydrogen-bond acceptors (Lipinski definition) is 5. The average Bonchev–Trinajstić information content (AvgIpc) is 2.80. The van der Waals surface area contributed by atoms with E-state index in [1.807, 2.05) is 0 Å². The van der Waals surface area contributed by atoms with Gasteiger partial charge < -0.3 is 5.32 Å². The lowest BCUT2D eigenvalue weighted by atomic mass is 9.93. The van der Waals surface area contributed by atoms with E-state index in [0.717, 1.165) is 12.8 Å². The number of Topliss-reactive ketones (excluding diaryl/α,β-unsaturated/α-hetero) is 2. The molecule has 1 N–H and O–H groups in total. The fourth-order valence-electron chi connectivity index (χ4n) is 3.04. The van der Waals surface area contributed by atoms with Crippen LogP contribution in [0.3, 0.4) is 0 Å². The molecule has 7 nitrogen and oxygen atoms in total. The SMILES string of the molecule is O=C(Nc1ccc([N+](=O)[O-])cc1)C1C(=O)C2=C(CCCC2)C1=O. The molecule has 2 aliphatic rings. The molecule has 23 heavy (non-hydrogen) atoms. The molecule has 1 aromatic rings. The Morgan fingerprint density at radius 2 is 1.57 bits per heavy atom. The molecule has 0 aromatic heterocycles. The van der Waals surface area contributed by atoms with E-state index >= 15 is 0 Å². The van der Waals surface area contributed by atoms with Crippen molar-refractivity contribution in [2.45, 2.75) is 25.7 Å². The summed E-state index contributed by atoms with van der Waals surface area (Å²) < 4.78 is 0. The molecule has 0 heterocycles. The van der Waals surface area contributed by atoms with Crippen LogP contribution in [0.4, 0.5) is 11.4 Å². The van der Waals surface area contributed by atoms with E-state index in [1.165, 1.54) is 24.3 Å². The van der Waals surface area contributed by atoms with Crippen molar-refractivity contribution in [2.75, 3.05) is 5.32 Å². The molecular weight excluding hydrogens is 300 g/mol. The number of carbonyl (C=O) groups excluding carboxylic acids is 3. The number of hydrogen-bond donors (Lipinski definition) is 1. The van der Waals surface area contributed by atoms with Crippen molar-refractivity contribution in [2.24, 2.45) is 5.92 Å². The lowest BCUT2D eigenvalue weighted by Crippen LogP contribution is -2.32. The molecule has 0 aliphatic heterocycles. The van der Waals surface area contributed by atoms with Crippen molar-refractivity contribution in [3.63, 3.8) is 0 Å². The van der Waals surface area contributed by atoms with Gasteiger partial charge in [0.25, 0.3) is 5.69 Å². The van der Waals surface area contributed by atoms with Gasteiger partial charge in [-0.3, -0.25) is 24.5 Å². The van der Waals surface area contributed by atoms with Crippen LogP contribution in [-0.4, -0.2) is 22.4 Å². The lowest BCUT2D eigenvalue weighted by Gasteiger charge is -2.10. The molecule has 0 bridgehead atoms. The van der Waals surface area contributed by atoms with Crippen LogP contribution in [0.15, 0.2) is 35.4 Å². The van der Waals surface area contributed by atoms with Crippen LogP contribution >= 0.6 is 0 Å². The number of nitrogens with zero attached hydrogens (tertiary/aromatic N) is 1. The second kappa shape index (κ2) is 5.75. The largest absolute Gasteiger partial charge is 0.325 e. The van der Waals surface area contributed by atoms with Gasteiger partial charge in [-0.1, -0.05) is 0 Å². The molecule has 0 saturated carbocycles. The van der Waals surface area contributed by atoms with Crippen molar-refractivity contribution < 1.29 is 19.3 Å². The Bertz CT molecular complexity index is 720. The predicted octanol–water partition coefficient (Wildman–Crippen LogP) is 2.17. The zero-order chi connectivity index (χ0) is 16.6. The van der Waals surface area contributed by atoms with Crippen LogP contribution in [0, 0.1) is 16.0 Å². The highest BCUT2D eigenvalue weighted by Crippen LogP contribution is 2.36. The number of benzene rings is 1. The van der Waals surface area contributed by atoms with Gasteiger partial charge >= 0.3 is 0 Å². The van der Waals surface area contributed by atoms with Gasteiger partial charge in [0.05, 0.1) is 4.92 Å². The van der Waals surface area contributed by atoms with E-state index < -0.39 is 28.3 Å². The Labute approximate surface area is 131 Å². The summed E-state index contributed by atoms with van der Waals surface area (Å²) in [5.74, 6) is -2.79. The number of ketones is 2. The lowest BCUT2D eigenvalue weighted by molar-refractivity contribution is -0.384. The number of non-ortho nitro benzene ring substituents is 1. The van der Waals surface area contributed by atoms with E-state index in [1.54, 1.807) is 0 Å². The van der Waals surface area contributed by atoms with Gasteiger partial charge in [-0.15, -0.1) is 0 Å². The highest BCUT2D eigenvalue weighted by molar-refractivity contribution is 6.35. The summed E-state index contributed by atoms with van der Waals surface area (Å²) in [6, 6.07) is 5.23. The van der Waals surface area contributed by atoms with E-state index in [4.69, 9.17) is 0 Å². The smallest absolute Gasteiger partial charge is 0.269 e. The first-order valence-corrected chi connectivity index (χ1v) is 7.35. The van der Waals surface area contributed by atoms with Crippen LogP contribution in [0.2, 0.25) is 0 Å². The molecule has 3 rings (SSSR count). The predicted molar refractivity (Wildman–Crippen MR) is 80.7 cm³/mol. The summed E-state index contributed by atoms with van der Waals surface area (Å²) in [4.78, 5) is 46.9. The Balaban J connectivity index is 1.75. The molecule has 1 amide bonds. The third kappa shape index (κ3) is 2.65. The molecular formula is C16H14N2O5. The molecule has 0 spiro atoms. The highest BCUT2D eigenvalue weighted by atomic mass is 16.6. The van der Waals surface area contributed by atoms with Crippen molar-refractivity contribution in [1.29, 1.82) is 0 Å². The maximum Gasteiger partial charge on any atom is 0.269 e. The fraction of sp³-hybridized carbons (Fsp3) is 0.312. The third-order valence-corrected chi connectivity index (χ3v) is 4.19. The van der Waals surface area contributed by atoms with E-state index in [0.29, 0.717) is 29.7 Å². The van der Waals surface area contributed by atoms with Crippen molar-refractivity contribution >= 4 is 28.8 Å². The van der Waals surface area contributed by atoms with Crippen LogP contribution in [0.5, 0.6) is 0 Å². The maximum absolute atomic E-state index is 12.3. The summed E-state index contributed by atoms with van der Waals surface area (Å²) in [7, 11) is 0. The molecule has 7 heteroatoms. The first-order valence-electron chi connectivity index (χ1n) is 7.35. The van der Waals surface area contributed by atoms with Gasteiger partial charge in [0, 0.05) is 29.0 Å². The summed E-state index contributed by atoms with van der Waals surface area (Å²) in [5.41, 5.74) is 1.22. The molecule has 0 atom stereocenters. The number of nitro benzene ring substituents is 1. The first kappa shape index (κ1) is 15.1. The number of rotatable bonds is 3. The van der Waals surface area contributed by atoms with Crippen LogP contribution < -0.4 is 5.32 Å². The average molecular weight is 314 g/mol. The minimum Gasteiger partial charge on any atom is -0.325 e. The van der Waals surface area contributed by atoms with Gasteiger partial charge in [0.2, 0.25) is 5.91 Å². The summed E-state index contributed by atoms with van der Waals surface area (Å²) in [5, 5.41) is 13.1. The van der Waals surface area contributed by atoms with Gasteiger partial charge in [0.15, 0.2) is 17.5 Å². The minimum atomic E-state index is -1.31. The summed E-state index contributed by atoms with van der Waals surface area (Å²) >= 11 is 0. The minimum absolute atomic E-state index is 0.104. The summed E-state index contributed by atoms with van der Waals surface area (Å²) in [6.45, 7) is 0. The zero-order valence-electron chi connectivity index (χ0n) is 12.2. The fourth-order valence-corrected chi connectivity index (χ4v) is 3.04. The number of carbonyl (C=O) groups is 3. The second-order valence-corrected chi connectivity index (χ2v) is 5.62. The number of anilines is 1. The normalized spacial score (nSPS) is 18.1. The molecule has 0 unspecified atom stereocenters. The second-order valence-electron chi connectivity index (χ2n) is 5.62. The number of nitro groups is 1. The Morgan fingerprint density at radius 1 is 1.04 bits per heavy atom. The number of amides is 1. The molecule has 0 radical (unpaired) electrons. The first-order chi connectivity index (χ1) is 11.0. The molecule has 118 valence electrons. The van der Waals surface area contributed by atoms with Crippen LogP contribution in [0.1, 0.15) is 25.7 Å². The van der Waals surface area contributed by atoms with Gasteiger partial charge in [-0.25, -0.2) is 0 Å². The van der Waals surface area contributed by atoms with Crippen LogP contribution in [-0.2, 0) is 14.4 Å². The van der Waals surface area contributed by atoms with E-state index in [9.17, 15) is 24.5 Å². The maximum atomic E-state index is 12.3. The van der Waals surface area contributed by atoms with Gasteiger partial charge in [-0.05, 0) is 37.8 Å². The zero-order valence-corrected chi connectivity index (χ0v) is 12.2. The van der Waals surface area contributed by atoms with Crippen LogP contribution in [0.25, 0.3) is 0 Å². The van der Waals surface area contributed by atoms with Crippen molar-refractivity contribution in [3.8, 4) is 0 Å². The quantitative estimate of drug-likeness (QED) is 0.523. The number of allylic oxidation sites excluding steroid dienone is 2. The Hall–Kier alpha value is -2.83. The molecule has 1 aromatic carbocycles. The number of nitrogens with one attached hydrogen (secondary N) is 1. The Morgan fingerprint density at radius 3 is 2.04 bits per heavy atom. The van der Waals surface area contributed by atoms with Gasteiger partial charge in [-0.2, -0.15) is 0 Å². The van der Waals surface area contributed by atoms with Crippen molar-refractivity contribution in [3.05, 3.63) is 45.5 Å². The monoisotopic (exact) mass is 314 g/mol. The van der Waals surface area contributed by atoms with Gasteiger partial charge in [0.1, 0.15) is 0 Å². The standard InChI is InChI=1S/C16H14N2O5/c19-14-11-3-1-2-4-12(11)15(20)13(14)16(21)17-9-5-7-10(8-6-9)18(22)23/h5-8,13H,1-4H2,(H,17,21). The van der Waals surface area contributed by atoms with E-state index in [2.05, 4.69) is 5.32 Å². The van der Waals surface area contributed by atoms with E-state index in [-0.39, 0.29) is 5.69 Å².